The second-order valence-corrected chi connectivity index (χ2v) is 12.5. The maximum absolute atomic E-state index is 12.3. The zero-order chi connectivity index (χ0) is 33.7. The number of primary amides is 1. The van der Waals surface area contributed by atoms with Gasteiger partial charge in [0, 0.05) is 70.4 Å². The van der Waals surface area contributed by atoms with E-state index in [2.05, 4.69) is 30.2 Å². The molecule has 5 heterocycles. The first-order chi connectivity index (χ1) is 23.9. The van der Waals surface area contributed by atoms with Crippen molar-refractivity contribution in [2.24, 2.45) is 5.73 Å². The molecular weight excluding hydrogens is 622 g/mol. The van der Waals surface area contributed by atoms with Gasteiger partial charge in [-0.15, -0.1) is 5.10 Å². The first kappa shape index (κ1) is 32.2. The lowest BCUT2D eigenvalue weighted by atomic mass is 10.0. The lowest BCUT2D eigenvalue weighted by molar-refractivity contribution is -0.120. The van der Waals surface area contributed by atoms with Gasteiger partial charge in [0.05, 0.1) is 17.0 Å². The van der Waals surface area contributed by atoms with Crippen molar-refractivity contribution in [2.45, 2.75) is 31.8 Å². The molecule has 252 valence electrons. The molecule has 3 aliphatic heterocycles. The number of benzene rings is 2. The quantitative estimate of drug-likeness (QED) is 0.272. The summed E-state index contributed by atoms with van der Waals surface area (Å²) < 4.78 is 5.93. The molecule has 3 N–H and O–H groups in total. The Morgan fingerprint density at radius 2 is 1.51 bits per heavy atom. The Labute approximate surface area is 284 Å². The highest BCUT2D eigenvalue weighted by Crippen LogP contribution is 2.30. The van der Waals surface area contributed by atoms with E-state index < -0.39 is 11.9 Å². The van der Waals surface area contributed by atoms with Crippen LogP contribution in [0.1, 0.15) is 35.3 Å². The number of rotatable bonds is 9. The molecule has 3 fully saturated rings. The van der Waals surface area contributed by atoms with Gasteiger partial charge >= 0.3 is 6.03 Å². The van der Waals surface area contributed by atoms with E-state index >= 15 is 0 Å². The largest absolute Gasteiger partial charge is 0.457 e. The van der Waals surface area contributed by atoms with Crippen molar-refractivity contribution in [3.05, 3.63) is 90.1 Å². The summed E-state index contributed by atoms with van der Waals surface area (Å²) in [5, 5.41) is 10.9. The zero-order valence-electron chi connectivity index (χ0n) is 27.2. The van der Waals surface area contributed by atoms with Crippen LogP contribution in [0.25, 0.3) is 11.3 Å². The Hall–Kier alpha value is -5.40. The van der Waals surface area contributed by atoms with Crippen LogP contribution >= 0.6 is 0 Å². The molecule has 3 aliphatic rings. The molecule has 4 amide bonds. The summed E-state index contributed by atoms with van der Waals surface area (Å²) in [7, 11) is 0. The van der Waals surface area contributed by atoms with Crippen LogP contribution in [0.2, 0.25) is 0 Å². The summed E-state index contributed by atoms with van der Waals surface area (Å²) in [5.74, 6) is 1.96. The zero-order valence-corrected chi connectivity index (χ0v) is 27.2. The van der Waals surface area contributed by atoms with E-state index in [0.29, 0.717) is 42.0 Å². The molecule has 0 atom stereocenters. The molecular formula is C36H39N9O4. The predicted octanol–water partition coefficient (Wildman–Crippen LogP) is 3.66. The monoisotopic (exact) mass is 661 g/mol. The van der Waals surface area contributed by atoms with E-state index in [1.54, 1.807) is 12.1 Å². The summed E-state index contributed by atoms with van der Waals surface area (Å²) >= 11 is 0. The van der Waals surface area contributed by atoms with Gasteiger partial charge in [-0.1, -0.05) is 18.2 Å². The summed E-state index contributed by atoms with van der Waals surface area (Å²) in [6.45, 7) is 6.60. The molecule has 0 bridgehead atoms. The molecule has 49 heavy (non-hydrogen) atoms. The fourth-order valence-corrected chi connectivity index (χ4v) is 6.69. The Bertz CT molecular complexity index is 1790. The molecule has 0 radical (unpaired) electrons. The van der Waals surface area contributed by atoms with Gasteiger partial charge < -0.3 is 15.4 Å². The van der Waals surface area contributed by atoms with Crippen molar-refractivity contribution in [2.75, 3.05) is 55.6 Å². The molecule has 2 aromatic carbocycles. The van der Waals surface area contributed by atoms with Gasteiger partial charge in [-0.2, -0.15) is 5.10 Å². The number of piperidine rings is 1. The van der Waals surface area contributed by atoms with Gasteiger partial charge in [0.2, 0.25) is 5.91 Å². The minimum absolute atomic E-state index is 0.252. The average Bonchev–Trinajstić information content (AvgIpc) is 3.13. The van der Waals surface area contributed by atoms with E-state index in [9.17, 15) is 14.4 Å². The van der Waals surface area contributed by atoms with Crippen molar-refractivity contribution in [1.29, 1.82) is 0 Å². The number of nitrogens with zero attached hydrogens (tertiary/aromatic N) is 7. The molecule has 0 saturated carbocycles. The lowest BCUT2D eigenvalue weighted by Crippen LogP contribution is -2.53. The molecule has 7 rings (SSSR count). The highest BCUT2D eigenvalue weighted by Gasteiger charge is 2.29. The van der Waals surface area contributed by atoms with Crippen LogP contribution < -0.4 is 25.6 Å². The molecule has 0 aliphatic carbocycles. The SMILES string of the molecule is NC(=O)c1ccc(N2CCC(N3CCN(Cc4ccc(N5CCC(=O)NC5=O)nn4)CC3)CC2)nc1-c1ccc(Oc2ccccc2)cc1. The van der Waals surface area contributed by atoms with E-state index in [-0.39, 0.29) is 12.3 Å². The van der Waals surface area contributed by atoms with Crippen LogP contribution in [0, 0.1) is 0 Å². The smallest absolute Gasteiger partial charge is 0.329 e. The van der Waals surface area contributed by atoms with Crippen molar-refractivity contribution >= 4 is 29.5 Å². The molecule has 13 heteroatoms. The molecule has 13 nitrogen and oxygen atoms in total. The second-order valence-electron chi connectivity index (χ2n) is 12.5. The van der Waals surface area contributed by atoms with Crippen LogP contribution in [0.4, 0.5) is 16.4 Å². The Morgan fingerprint density at radius 3 is 2.18 bits per heavy atom. The lowest BCUT2D eigenvalue weighted by Gasteiger charge is -2.43. The first-order valence-electron chi connectivity index (χ1n) is 16.7. The van der Waals surface area contributed by atoms with Crippen LogP contribution in [0.3, 0.4) is 0 Å². The Balaban J connectivity index is 0.916. The average molecular weight is 662 g/mol. The number of piperazine rings is 1. The highest BCUT2D eigenvalue weighted by atomic mass is 16.5. The summed E-state index contributed by atoms with van der Waals surface area (Å²) in [4.78, 5) is 49.5. The van der Waals surface area contributed by atoms with Crippen molar-refractivity contribution in [3.63, 3.8) is 0 Å². The van der Waals surface area contributed by atoms with E-state index in [0.717, 1.165) is 74.9 Å². The number of hydrogen-bond donors (Lipinski definition) is 2. The van der Waals surface area contributed by atoms with Gasteiger partial charge in [-0.3, -0.25) is 29.6 Å². The highest BCUT2D eigenvalue weighted by molar-refractivity contribution is 6.05. The maximum Gasteiger partial charge on any atom is 0.329 e. The minimum Gasteiger partial charge on any atom is -0.457 e. The van der Waals surface area contributed by atoms with Gasteiger partial charge in [0.15, 0.2) is 5.82 Å². The molecule has 0 spiro atoms. The fraction of sp³-hybridized carbons (Fsp3) is 0.333. The van der Waals surface area contributed by atoms with Gasteiger partial charge in [0.25, 0.3) is 5.91 Å². The molecule has 0 unspecified atom stereocenters. The normalized spacial score (nSPS) is 18.0. The van der Waals surface area contributed by atoms with Gasteiger partial charge in [0.1, 0.15) is 17.3 Å². The van der Waals surface area contributed by atoms with Crippen molar-refractivity contribution in [1.82, 2.24) is 30.3 Å². The fourth-order valence-electron chi connectivity index (χ4n) is 6.69. The van der Waals surface area contributed by atoms with E-state index in [4.69, 9.17) is 15.5 Å². The Morgan fingerprint density at radius 1 is 0.796 bits per heavy atom. The number of carbonyl (C=O) groups excluding carboxylic acids is 3. The predicted molar refractivity (Wildman–Crippen MR) is 184 cm³/mol. The third kappa shape index (κ3) is 7.53. The number of imide groups is 1. The number of nitrogens with two attached hydrogens (primary N) is 1. The standard InChI is InChI=1S/C36H39N9O4/c37-35(47)30-11-13-31(38-34(30)25-6-9-29(10-7-25)49-28-4-2-1-3-5-28)44-17-14-27(15-18-44)43-22-20-42(21-23-43)24-26-8-12-32(41-40-26)45-19-16-33(46)39-36(45)48/h1-13,27H,14-24H2,(H2,37,47)(H,39,46,48). The summed E-state index contributed by atoms with van der Waals surface area (Å²) in [6.07, 6.45) is 2.31. The number of urea groups is 1. The van der Waals surface area contributed by atoms with E-state index in [1.165, 1.54) is 4.90 Å². The topological polar surface area (TPSA) is 150 Å². The van der Waals surface area contributed by atoms with Crippen LogP contribution in [0.5, 0.6) is 11.5 Å². The van der Waals surface area contributed by atoms with Crippen LogP contribution in [0.15, 0.2) is 78.9 Å². The van der Waals surface area contributed by atoms with Gasteiger partial charge in [-0.05, 0) is 73.5 Å². The number of amides is 4. The molecule has 3 saturated heterocycles. The number of hydrogen-bond acceptors (Lipinski definition) is 10. The number of ether oxygens (including phenoxy) is 1. The first-order valence-corrected chi connectivity index (χ1v) is 16.7. The number of para-hydroxylation sites is 1. The Kier molecular flexibility index (Phi) is 9.44. The number of aromatic nitrogens is 3. The molecule has 4 aromatic rings. The summed E-state index contributed by atoms with van der Waals surface area (Å²) in [6, 6.07) is 24.6. The number of anilines is 2. The minimum atomic E-state index is -0.509. The van der Waals surface area contributed by atoms with Crippen LogP contribution in [-0.2, 0) is 11.3 Å². The van der Waals surface area contributed by atoms with Gasteiger partial charge in [-0.25, -0.2) is 9.78 Å². The second kappa shape index (κ2) is 14.4. The van der Waals surface area contributed by atoms with Crippen molar-refractivity contribution in [3.8, 4) is 22.8 Å². The van der Waals surface area contributed by atoms with Crippen molar-refractivity contribution < 1.29 is 19.1 Å². The summed E-state index contributed by atoms with van der Waals surface area (Å²) in [5.41, 5.74) is 8.37. The third-order valence-corrected chi connectivity index (χ3v) is 9.39. The number of nitrogens with one attached hydrogen (secondary N) is 1. The number of carbonyl (C=O) groups is 3. The van der Waals surface area contributed by atoms with E-state index in [1.807, 2.05) is 66.7 Å². The maximum atomic E-state index is 12.3. The third-order valence-electron chi connectivity index (χ3n) is 9.39. The van der Waals surface area contributed by atoms with Crippen LogP contribution in [-0.4, -0.2) is 94.7 Å². The number of pyridine rings is 1. The molecule has 2 aromatic heterocycles.